The molecule has 3 nitrogen and oxygen atoms in total. The number of rotatable bonds is 3. The molecule has 0 saturated carbocycles. The third kappa shape index (κ3) is 2.13. The van der Waals surface area contributed by atoms with Crippen LogP contribution in [0.2, 0.25) is 0 Å². The minimum absolute atomic E-state index is 0.164. The molecule has 0 amide bonds. The lowest BCUT2D eigenvalue weighted by Gasteiger charge is -2.17. The number of nitrogens with zero attached hydrogens (tertiary/aromatic N) is 2. The Morgan fingerprint density at radius 3 is 2.53 bits per heavy atom. The number of hydrogen-bond donors (Lipinski definition) is 1. The normalized spacial score (nSPS) is 12.7. The highest BCUT2D eigenvalue weighted by Gasteiger charge is 2.15. The van der Waals surface area contributed by atoms with Gasteiger partial charge in [0.05, 0.1) is 11.7 Å². The van der Waals surface area contributed by atoms with Crippen LogP contribution in [0, 0.1) is 0 Å². The van der Waals surface area contributed by atoms with Crippen molar-refractivity contribution in [3.05, 3.63) is 66.0 Å². The zero-order valence-corrected chi connectivity index (χ0v) is 11.2. The van der Waals surface area contributed by atoms with Crippen LogP contribution in [0.15, 0.2) is 54.7 Å². The van der Waals surface area contributed by atoms with Crippen molar-refractivity contribution in [2.75, 3.05) is 7.05 Å². The first kappa shape index (κ1) is 11.9. The molecular formula is C16H17N3. The van der Waals surface area contributed by atoms with E-state index >= 15 is 0 Å². The summed E-state index contributed by atoms with van der Waals surface area (Å²) in [5, 5.41) is 10.2. The average molecular weight is 251 g/mol. The summed E-state index contributed by atoms with van der Waals surface area (Å²) in [7, 11) is 3.95. The molecule has 2 aromatic carbocycles. The molecule has 3 heteroatoms. The third-order valence-electron chi connectivity index (χ3n) is 3.55. The molecule has 0 saturated heterocycles. The maximum absolute atomic E-state index is 4.25. The summed E-state index contributed by atoms with van der Waals surface area (Å²) in [6.07, 6.45) is 1.83. The van der Waals surface area contributed by atoms with Gasteiger partial charge in [-0.1, -0.05) is 36.4 Å². The van der Waals surface area contributed by atoms with Crippen molar-refractivity contribution in [2.24, 2.45) is 7.05 Å². The molecule has 1 heterocycles. The van der Waals surface area contributed by atoms with E-state index in [1.807, 2.05) is 25.0 Å². The highest BCUT2D eigenvalue weighted by Crippen LogP contribution is 2.24. The predicted octanol–water partition coefficient (Wildman–Crippen LogP) is 2.88. The Labute approximate surface area is 112 Å². The van der Waals surface area contributed by atoms with Gasteiger partial charge in [0.25, 0.3) is 0 Å². The summed E-state index contributed by atoms with van der Waals surface area (Å²) in [6.45, 7) is 0. The molecule has 0 radical (unpaired) electrons. The number of aromatic nitrogens is 2. The van der Waals surface area contributed by atoms with Crippen LogP contribution in [0.3, 0.4) is 0 Å². The molecule has 19 heavy (non-hydrogen) atoms. The Bertz CT molecular complexity index is 700. The summed E-state index contributed by atoms with van der Waals surface area (Å²) in [6, 6.07) is 17.2. The zero-order valence-electron chi connectivity index (χ0n) is 11.2. The van der Waals surface area contributed by atoms with Crippen molar-refractivity contribution in [2.45, 2.75) is 6.04 Å². The van der Waals surface area contributed by atoms with Crippen LogP contribution in [0.1, 0.15) is 17.3 Å². The average Bonchev–Trinajstić information content (AvgIpc) is 2.86. The quantitative estimate of drug-likeness (QED) is 0.775. The summed E-state index contributed by atoms with van der Waals surface area (Å²) >= 11 is 0. The lowest BCUT2D eigenvalue weighted by molar-refractivity contribution is 0.606. The Hall–Kier alpha value is -2.13. The smallest absolute Gasteiger partial charge is 0.0745 e. The fourth-order valence-corrected chi connectivity index (χ4v) is 2.54. The van der Waals surface area contributed by atoms with Gasteiger partial charge in [-0.05, 0) is 35.5 Å². The fraction of sp³-hybridized carbons (Fsp3) is 0.188. The second-order valence-electron chi connectivity index (χ2n) is 4.71. The molecule has 0 aliphatic rings. The van der Waals surface area contributed by atoms with Gasteiger partial charge in [-0.15, -0.1) is 0 Å². The van der Waals surface area contributed by atoms with E-state index in [0.29, 0.717) is 0 Å². The van der Waals surface area contributed by atoms with Crippen LogP contribution in [0.4, 0.5) is 0 Å². The standard InChI is InChI=1S/C16H17N3/c1-17-16(15-9-10-18-19(15)2)14-8-7-12-5-3-4-6-13(12)11-14/h3-11,16-17H,1-2H3. The Morgan fingerprint density at radius 1 is 1.05 bits per heavy atom. The number of benzene rings is 2. The molecule has 0 bridgehead atoms. The Morgan fingerprint density at radius 2 is 1.84 bits per heavy atom. The van der Waals surface area contributed by atoms with Gasteiger partial charge >= 0.3 is 0 Å². The molecule has 0 spiro atoms. The monoisotopic (exact) mass is 251 g/mol. The molecule has 3 rings (SSSR count). The summed E-state index contributed by atoms with van der Waals surface area (Å²) in [5.74, 6) is 0. The second-order valence-corrected chi connectivity index (χ2v) is 4.71. The van der Waals surface area contributed by atoms with Crippen molar-refractivity contribution in [3.63, 3.8) is 0 Å². The van der Waals surface area contributed by atoms with E-state index in [1.54, 1.807) is 0 Å². The highest BCUT2D eigenvalue weighted by molar-refractivity contribution is 5.83. The SMILES string of the molecule is CNC(c1ccc2ccccc2c1)c1ccnn1C. The van der Waals surface area contributed by atoms with Gasteiger partial charge in [0.1, 0.15) is 0 Å². The first-order valence-electron chi connectivity index (χ1n) is 6.43. The zero-order chi connectivity index (χ0) is 13.2. The van der Waals surface area contributed by atoms with Crippen LogP contribution in [0.5, 0.6) is 0 Å². The Kier molecular flexibility index (Phi) is 3.05. The van der Waals surface area contributed by atoms with Gasteiger partial charge < -0.3 is 5.32 Å². The van der Waals surface area contributed by atoms with Crippen LogP contribution < -0.4 is 5.32 Å². The van der Waals surface area contributed by atoms with Gasteiger partial charge in [0.2, 0.25) is 0 Å². The minimum Gasteiger partial charge on any atom is -0.308 e. The molecule has 0 aliphatic carbocycles. The Balaban J connectivity index is 2.09. The first-order valence-corrected chi connectivity index (χ1v) is 6.43. The molecule has 3 aromatic rings. The van der Waals surface area contributed by atoms with Gasteiger partial charge in [-0.3, -0.25) is 4.68 Å². The van der Waals surface area contributed by atoms with Crippen molar-refractivity contribution in [1.82, 2.24) is 15.1 Å². The topological polar surface area (TPSA) is 29.9 Å². The van der Waals surface area contributed by atoms with Gasteiger partial charge in [0, 0.05) is 13.2 Å². The largest absolute Gasteiger partial charge is 0.308 e. The first-order chi connectivity index (χ1) is 9.29. The van der Waals surface area contributed by atoms with E-state index in [4.69, 9.17) is 0 Å². The lowest BCUT2D eigenvalue weighted by atomic mass is 10.00. The number of nitrogens with one attached hydrogen (secondary N) is 1. The van der Waals surface area contributed by atoms with E-state index in [1.165, 1.54) is 16.3 Å². The molecule has 1 aromatic heterocycles. The summed E-state index contributed by atoms with van der Waals surface area (Å²) < 4.78 is 1.91. The fourth-order valence-electron chi connectivity index (χ4n) is 2.54. The summed E-state index contributed by atoms with van der Waals surface area (Å²) in [4.78, 5) is 0. The predicted molar refractivity (Wildman–Crippen MR) is 78.1 cm³/mol. The van der Waals surface area contributed by atoms with Crippen LogP contribution in [-0.2, 0) is 7.05 Å². The molecule has 96 valence electrons. The van der Waals surface area contributed by atoms with E-state index in [0.717, 1.165) is 5.69 Å². The maximum atomic E-state index is 4.25. The van der Waals surface area contributed by atoms with E-state index in [9.17, 15) is 0 Å². The molecule has 1 N–H and O–H groups in total. The maximum Gasteiger partial charge on any atom is 0.0745 e. The van der Waals surface area contributed by atoms with Crippen molar-refractivity contribution in [1.29, 1.82) is 0 Å². The highest BCUT2D eigenvalue weighted by atomic mass is 15.3. The minimum atomic E-state index is 0.164. The van der Waals surface area contributed by atoms with Crippen molar-refractivity contribution < 1.29 is 0 Å². The molecule has 0 aliphatic heterocycles. The number of hydrogen-bond acceptors (Lipinski definition) is 2. The number of fused-ring (bicyclic) bond motifs is 1. The van der Waals surface area contributed by atoms with Crippen molar-refractivity contribution >= 4 is 10.8 Å². The second kappa shape index (κ2) is 4.86. The summed E-state index contributed by atoms with van der Waals surface area (Å²) in [5.41, 5.74) is 2.42. The lowest BCUT2D eigenvalue weighted by Crippen LogP contribution is -2.20. The van der Waals surface area contributed by atoms with Crippen LogP contribution >= 0.6 is 0 Å². The molecule has 1 unspecified atom stereocenters. The van der Waals surface area contributed by atoms with Gasteiger partial charge in [-0.25, -0.2) is 0 Å². The van der Waals surface area contributed by atoms with Crippen LogP contribution in [-0.4, -0.2) is 16.8 Å². The van der Waals surface area contributed by atoms with Crippen LogP contribution in [0.25, 0.3) is 10.8 Å². The molecular weight excluding hydrogens is 234 g/mol. The van der Waals surface area contributed by atoms with E-state index < -0.39 is 0 Å². The van der Waals surface area contributed by atoms with Crippen molar-refractivity contribution in [3.8, 4) is 0 Å². The van der Waals surface area contributed by atoms with Gasteiger partial charge in [-0.2, -0.15) is 5.10 Å². The third-order valence-corrected chi connectivity index (χ3v) is 3.55. The molecule has 1 atom stereocenters. The number of aryl methyl sites for hydroxylation is 1. The molecule has 0 fully saturated rings. The van der Waals surface area contributed by atoms with E-state index in [-0.39, 0.29) is 6.04 Å². The van der Waals surface area contributed by atoms with E-state index in [2.05, 4.69) is 58.9 Å². The van der Waals surface area contributed by atoms with Gasteiger partial charge in [0.15, 0.2) is 0 Å².